The first kappa shape index (κ1) is 26.5. The second kappa shape index (κ2) is 10.8. The molecule has 0 saturated carbocycles. The van der Waals surface area contributed by atoms with Crippen LogP contribution in [0.2, 0.25) is 0 Å². The van der Waals surface area contributed by atoms with Gasteiger partial charge in [0.1, 0.15) is 0 Å². The van der Waals surface area contributed by atoms with E-state index in [2.05, 4.69) is 51.9 Å². The molecule has 0 aliphatic heterocycles. The normalized spacial score (nSPS) is 13.1. The van der Waals surface area contributed by atoms with Gasteiger partial charge in [-0.1, -0.05) is 0 Å². The number of benzene rings is 4. The van der Waals surface area contributed by atoms with Crippen LogP contribution in [0.15, 0.2) is 109 Å². The van der Waals surface area contributed by atoms with Crippen LogP contribution in [0.3, 0.4) is 0 Å². The molecule has 8 heteroatoms. The Morgan fingerprint density at radius 3 is 1.47 bits per heavy atom. The van der Waals surface area contributed by atoms with E-state index in [1.807, 2.05) is 54.6 Å². The Kier molecular flexibility index (Phi) is 8.00. The van der Waals surface area contributed by atoms with Crippen LogP contribution in [0.25, 0.3) is 0 Å². The zero-order valence-electron chi connectivity index (χ0n) is 20.5. The van der Waals surface area contributed by atoms with E-state index >= 15 is 0 Å². The minimum atomic E-state index is -3.61. The molecule has 36 heavy (non-hydrogen) atoms. The molecule has 0 amide bonds. The SMILES string of the molecule is CO[Si](COc1ccc(O)cc1P(Br)(c1ccccc1)(c1ccccc1)c1ccccc1)(OC)OC. The molecule has 1 N–H and O–H groups in total. The first-order valence-electron chi connectivity index (χ1n) is 11.4. The van der Waals surface area contributed by atoms with E-state index in [0.717, 1.165) is 21.2 Å². The quantitative estimate of drug-likeness (QED) is 0.217. The van der Waals surface area contributed by atoms with Gasteiger partial charge in [-0.05, 0) is 0 Å². The van der Waals surface area contributed by atoms with Gasteiger partial charge in [0.2, 0.25) is 0 Å². The molecule has 0 radical (unpaired) electrons. The second-order valence-corrected chi connectivity index (χ2v) is 19.4. The van der Waals surface area contributed by atoms with Crippen molar-refractivity contribution in [3.63, 3.8) is 0 Å². The van der Waals surface area contributed by atoms with Crippen molar-refractivity contribution in [1.82, 2.24) is 0 Å². The third-order valence-electron chi connectivity index (χ3n) is 6.46. The third kappa shape index (κ3) is 4.41. The fourth-order valence-electron chi connectivity index (χ4n) is 4.54. The number of aromatic hydroxyl groups is 1. The Morgan fingerprint density at radius 2 is 1.08 bits per heavy atom. The summed E-state index contributed by atoms with van der Waals surface area (Å²) in [5, 5.41) is 11.2. The van der Waals surface area contributed by atoms with E-state index < -0.39 is 14.1 Å². The number of halogens is 1. The van der Waals surface area contributed by atoms with Crippen molar-refractivity contribution in [2.45, 2.75) is 0 Å². The first-order valence-corrected chi connectivity index (χ1v) is 17.6. The summed E-state index contributed by atoms with van der Waals surface area (Å²) >= 11 is 4.44. The number of phenols is 1. The molecule has 0 fully saturated rings. The summed E-state index contributed by atoms with van der Waals surface area (Å²) in [6.07, 6.45) is 0.103. The van der Waals surface area contributed by atoms with Crippen molar-refractivity contribution >= 4 is 50.8 Å². The maximum absolute atomic E-state index is 10.8. The Bertz CT molecular complexity index is 1180. The van der Waals surface area contributed by atoms with E-state index in [9.17, 15) is 5.11 Å². The van der Waals surface area contributed by atoms with E-state index in [0.29, 0.717) is 5.75 Å². The molecule has 188 valence electrons. The van der Waals surface area contributed by atoms with Gasteiger partial charge in [-0.15, -0.1) is 0 Å². The van der Waals surface area contributed by atoms with Crippen molar-refractivity contribution in [2.24, 2.45) is 0 Å². The molecule has 4 rings (SSSR count). The number of ether oxygens (including phenoxy) is 1. The van der Waals surface area contributed by atoms with Crippen LogP contribution in [0, 0.1) is 0 Å². The van der Waals surface area contributed by atoms with Crippen LogP contribution < -0.4 is 26.0 Å². The van der Waals surface area contributed by atoms with Crippen molar-refractivity contribution in [3.05, 3.63) is 109 Å². The van der Waals surface area contributed by atoms with Crippen LogP contribution in [-0.4, -0.2) is 41.5 Å². The van der Waals surface area contributed by atoms with Gasteiger partial charge in [-0.2, -0.15) is 0 Å². The standard InChI is InChI=1S/C28H30BrO5PSi/c1-31-36(32-2,33-3)22-34-27-20-19-23(30)21-28(27)35(29,24-13-7-4-8-14-24,25-15-9-5-10-16-25)26-17-11-6-12-18-26/h4-21,30H,22H2,1-3H3. The molecule has 5 nitrogen and oxygen atoms in total. The minimum absolute atomic E-state index is 0.103. The van der Waals surface area contributed by atoms with Gasteiger partial charge in [0.25, 0.3) is 0 Å². The molecule has 0 unspecified atom stereocenters. The predicted octanol–water partition coefficient (Wildman–Crippen LogP) is 4.65. The number of phenolic OH excluding ortho intramolecular Hbond substituents is 1. The van der Waals surface area contributed by atoms with Crippen LogP contribution in [-0.2, 0) is 13.3 Å². The van der Waals surface area contributed by atoms with Crippen molar-refractivity contribution in [1.29, 1.82) is 0 Å². The average molecular weight is 586 g/mol. The predicted molar refractivity (Wildman–Crippen MR) is 154 cm³/mol. The first-order chi connectivity index (χ1) is 17.4. The van der Waals surface area contributed by atoms with Crippen LogP contribution in [0.5, 0.6) is 11.5 Å². The number of rotatable bonds is 10. The van der Waals surface area contributed by atoms with Crippen LogP contribution in [0.1, 0.15) is 0 Å². The summed E-state index contributed by atoms with van der Waals surface area (Å²) in [5.74, 6) is 0.740. The Labute approximate surface area is 221 Å². The molecule has 0 aromatic heterocycles. The molecule has 0 aliphatic carbocycles. The molecular weight excluding hydrogens is 555 g/mol. The van der Waals surface area contributed by atoms with Crippen LogP contribution >= 0.6 is 20.8 Å². The van der Waals surface area contributed by atoms with E-state index in [1.54, 1.807) is 39.5 Å². The fourth-order valence-corrected chi connectivity index (χ4v) is 13.5. The second-order valence-electron chi connectivity index (χ2n) is 8.25. The molecule has 0 spiro atoms. The van der Waals surface area contributed by atoms with Gasteiger partial charge in [-0.25, -0.2) is 0 Å². The average Bonchev–Trinajstić information content (AvgIpc) is 2.96. The molecule has 4 aromatic carbocycles. The summed E-state index contributed by atoms with van der Waals surface area (Å²) in [6, 6.07) is 36.2. The molecule has 4 aromatic rings. The molecule has 0 saturated heterocycles. The Morgan fingerprint density at radius 1 is 0.667 bits per heavy atom. The molecule has 0 bridgehead atoms. The van der Waals surface area contributed by atoms with Gasteiger partial charge in [0.05, 0.1) is 0 Å². The van der Waals surface area contributed by atoms with E-state index in [-0.39, 0.29) is 12.0 Å². The molecule has 0 aliphatic rings. The molecular formula is C28H30BrO5PSi. The number of hydrogen-bond acceptors (Lipinski definition) is 5. The summed E-state index contributed by atoms with van der Waals surface area (Å²) < 4.78 is 23.3. The van der Waals surface area contributed by atoms with Crippen molar-refractivity contribution in [2.75, 3.05) is 27.6 Å². The summed E-state index contributed by atoms with van der Waals surface area (Å²) in [5.41, 5.74) is 0. The summed E-state index contributed by atoms with van der Waals surface area (Å²) in [4.78, 5) is 0. The molecule has 0 atom stereocenters. The maximum atomic E-state index is 10.8. The monoisotopic (exact) mass is 584 g/mol. The van der Waals surface area contributed by atoms with Crippen molar-refractivity contribution in [3.8, 4) is 11.5 Å². The zero-order chi connectivity index (χ0) is 25.7. The van der Waals surface area contributed by atoms with Crippen LogP contribution in [0.4, 0.5) is 0 Å². The molecule has 0 heterocycles. The number of hydrogen-bond donors (Lipinski definition) is 1. The fraction of sp³-hybridized carbons (Fsp3) is 0.143. The van der Waals surface area contributed by atoms with Gasteiger partial charge >= 0.3 is 222 Å². The van der Waals surface area contributed by atoms with Gasteiger partial charge < -0.3 is 0 Å². The van der Waals surface area contributed by atoms with Gasteiger partial charge in [-0.3, -0.25) is 0 Å². The zero-order valence-corrected chi connectivity index (χ0v) is 24.0. The van der Waals surface area contributed by atoms with Gasteiger partial charge in [0, 0.05) is 0 Å². The third-order valence-corrected chi connectivity index (χ3v) is 18.7. The van der Waals surface area contributed by atoms with E-state index in [1.165, 1.54) is 0 Å². The Balaban J connectivity index is 2.10. The van der Waals surface area contributed by atoms with Gasteiger partial charge in [0.15, 0.2) is 0 Å². The van der Waals surface area contributed by atoms with Crippen molar-refractivity contribution < 1.29 is 23.1 Å². The Hall–Kier alpha value is -2.51. The summed E-state index contributed by atoms with van der Waals surface area (Å²) in [7, 11) is 1.63. The van der Waals surface area contributed by atoms with E-state index in [4.69, 9.17) is 18.0 Å². The summed E-state index contributed by atoms with van der Waals surface area (Å²) in [6.45, 7) is 0. The topological polar surface area (TPSA) is 57.2 Å².